The van der Waals surface area contributed by atoms with Gasteiger partial charge in [-0.1, -0.05) is 50.2 Å². The van der Waals surface area contributed by atoms with Crippen molar-refractivity contribution in [2.45, 2.75) is 39.2 Å². The Bertz CT molecular complexity index is 760. The fourth-order valence-corrected chi connectivity index (χ4v) is 3.63. The Morgan fingerprint density at radius 2 is 1.79 bits per heavy atom. The van der Waals surface area contributed by atoms with Crippen LogP contribution in [0, 0.1) is 0 Å². The van der Waals surface area contributed by atoms with Gasteiger partial charge in [-0.25, -0.2) is 0 Å². The van der Waals surface area contributed by atoms with Crippen LogP contribution >= 0.6 is 0 Å². The number of benzene rings is 2. The molecule has 0 aliphatic carbocycles. The van der Waals surface area contributed by atoms with Gasteiger partial charge in [-0.15, -0.1) is 0 Å². The summed E-state index contributed by atoms with van der Waals surface area (Å²) in [5.41, 5.74) is 2.39. The number of hydrogen-bond acceptors (Lipinski definition) is 4. The standard InChI is InChI=1S/C23H30N2O3/c1-3-25(4-2)20(14-18-8-6-5-7-9-18)16-24-23(26)13-11-19-10-12-21-22(15-19)28-17-27-21/h5-10,12,15,20H,3-4,11,13-14,16-17H2,1-2H3,(H,24,26)/t20-/m1/s1. The quantitative estimate of drug-likeness (QED) is 0.684. The minimum absolute atomic E-state index is 0.0860. The minimum Gasteiger partial charge on any atom is -0.454 e. The first-order valence-corrected chi connectivity index (χ1v) is 10.1. The summed E-state index contributed by atoms with van der Waals surface area (Å²) in [5, 5.41) is 3.14. The number of aryl methyl sites for hydroxylation is 1. The van der Waals surface area contributed by atoms with Gasteiger partial charge in [0.1, 0.15) is 0 Å². The van der Waals surface area contributed by atoms with Crippen molar-refractivity contribution in [3.8, 4) is 11.5 Å². The van der Waals surface area contributed by atoms with E-state index >= 15 is 0 Å². The highest BCUT2D eigenvalue weighted by molar-refractivity contribution is 5.76. The van der Waals surface area contributed by atoms with Crippen LogP contribution in [0.2, 0.25) is 0 Å². The summed E-state index contributed by atoms with van der Waals surface area (Å²) >= 11 is 0. The Kier molecular flexibility index (Phi) is 7.31. The van der Waals surface area contributed by atoms with Gasteiger partial charge >= 0.3 is 0 Å². The second-order valence-electron chi connectivity index (χ2n) is 7.06. The Hall–Kier alpha value is -2.53. The highest BCUT2D eigenvalue weighted by Crippen LogP contribution is 2.32. The molecule has 0 saturated carbocycles. The number of carbonyl (C=O) groups is 1. The molecule has 0 saturated heterocycles. The lowest BCUT2D eigenvalue weighted by Gasteiger charge is -2.30. The van der Waals surface area contributed by atoms with Crippen LogP contribution in [0.15, 0.2) is 48.5 Å². The lowest BCUT2D eigenvalue weighted by atomic mass is 10.0. The van der Waals surface area contributed by atoms with E-state index in [9.17, 15) is 4.79 Å². The number of hydrogen-bond donors (Lipinski definition) is 1. The fourth-order valence-electron chi connectivity index (χ4n) is 3.63. The molecule has 0 aromatic heterocycles. The largest absolute Gasteiger partial charge is 0.454 e. The molecule has 5 heteroatoms. The molecular formula is C23H30N2O3. The topological polar surface area (TPSA) is 50.8 Å². The maximum atomic E-state index is 12.4. The molecule has 0 radical (unpaired) electrons. The first-order valence-electron chi connectivity index (χ1n) is 10.1. The number of nitrogens with zero attached hydrogens (tertiary/aromatic N) is 1. The number of ether oxygens (including phenoxy) is 2. The molecule has 150 valence electrons. The van der Waals surface area contributed by atoms with Crippen LogP contribution in [0.1, 0.15) is 31.4 Å². The van der Waals surface area contributed by atoms with E-state index in [1.807, 2.05) is 24.3 Å². The minimum atomic E-state index is 0.0860. The van der Waals surface area contributed by atoms with Crippen molar-refractivity contribution in [1.82, 2.24) is 10.2 Å². The Morgan fingerprint density at radius 1 is 1.04 bits per heavy atom. The van der Waals surface area contributed by atoms with Gasteiger partial charge < -0.3 is 14.8 Å². The fraction of sp³-hybridized carbons (Fsp3) is 0.435. The predicted molar refractivity (Wildman–Crippen MR) is 111 cm³/mol. The third-order valence-corrected chi connectivity index (χ3v) is 5.26. The van der Waals surface area contributed by atoms with Crippen LogP contribution in [0.5, 0.6) is 11.5 Å². The molecule has 0 bridgehead atoms. The average Bonchev–Trinajstić information content (AvgIpc) is 3.20. The van der Waals surface area contributed by atoms with E-state index in [1.165, 1.54) is 5.56 Å². The maximum Gasteiger partial charge on any atom is 0.231 e. The predicted octanol–water partition coefficient (Wildman–Crippen LogP) is 3.42. The lowest BCUT2D eigenvalue weighted by molar-refractivity contribution is -0.121. The van der Waals surface area contributed by atoms with Crippen LogP contribution < -0.4 is 14.8 Å². The zero-order valence-electron chi connectivity index (χ0n) is 16.8. The summed E-state index contributed by atoms with van der Waals surface area (Å²) in [7, 11) is 0. The molecule has 1 atom stereocenters. The Balaban J connectivity index is 1.51. The zero-order valence-corrected chi connectivity index (χ0v) is 16.8. The first kappa shape index (κ1) is 20.2. The van der Waals surface area contributed by atoms with E-state index in [0.29, 0.717) is 25.4 Å². The Morgan fingerprint density at radius 3 is 2.54 bits per heavy atom. The molecule has 1 aliphatic heterocycles. The number of likely N-dealkylation sites (N-methyl/N-ethyl adjacent to an activating group) is 1. The molecule has 0 fully saturated rings. The van der Waals surface area contributed by atoms with E-state index in [2.05, 4.69) is 48.3 Å². The van der Waals surface area contributed by atoms with Crippen molar-refractivity contribution >= 4 is 5.91 Å². The highest BCUT2D eigenvalue weighted by Gasteiger charge is 2.18. The van der Waals surface area contributed by atoms with Gasteiger partial charge in [-0.05, 0) is 49.2 Å². The third-order valence-electron chi connectivity index (χ3n) is 5.26. The molecule has 1 N–H and O–H groups in total. The molecule has 1 heterocycles. The molecule has 1 aliphatic rings. The SMILES string of the molecule is CCN(CC)[C@@H](CNC(=O)CCc1ccc2c(c1)OCO2)Cc1ccccc1. The number of fused-ring (bicyclic) bond motifs is 1. The van der Waals surface area contributed by atoms with E-state index in [1.54, 1.807) is 0 Å². The lowest BCUT2D eigenvalue weighted by Crippen LogP contribution is -2.45. The summed E-state index contributed by atoms with van der Waals surface area (Å²) in [6, 6.07) is 16.6. The molecule has 0 unspecified atom stereocenters. The van der Waals surface area contributed by atoms with Gasteiger partial charge in [0, 0.05) is 19.0 Å². The second-order valence-corrected chi connectivity index (χ2v) is 7.06. The van der Waals surface area contributed by atoms with E-state index in [4.69, 9.17) is 9.47 Å². The summed E-state index contributed by atoms with van der Waals surface area (Å²) in [6.07, 6.45) is 2.10. The molecule has 1 amide bonds. The smallest absolute Gasteiger partial charge is 0.231 e. The van der Waals surface area contributed by atoms with Crippen LogP contribution in [0.3, 0.4) is 0 Å². The van der Waals surface area contributed by atoms with Crippen molar-refractivity contribution in [1.29, 1.82) is 0 Å². The summed E-state index contributed by atoms with van der Waals surface area (Å²) in [6.45, 7) is 7.22. The molecule has 2 aromatic carbocycles. The monoisotopic (exact) mass is 382 g/mol. The van der Waals surface area contributed by atoms with Crippen LogP contribution in [0.25, 0.3) is 0 Å². The van der Waals surface area contributed by atoms with E-state index in [0.717, 1.165) is 36.6 Å². The zero-order chi connectivity index (χ0) is 19.8. The maximum absolute atomic E-state index is 12.4. The van der Waals surface area contributed by atoms with Crippen molar-refractivity contribution in [3.63, 3.8) is 0 Å². The number of carbonyl (C=O) groups excluding carboxylic acids is 1. The van der Waals surface area contributed by atoms with Gasteiger partial charge in [0.15, 0.2) is 11.5 Å². The Labute approximate surface area is 167 Å². The van der Waals surface area contributed by atoms with Gasteiger partial charge in [-0.3, -0.25) is 9.69 Å². The van der Waals surface area contributed by atoms with Gasteiger partial charge in [0.25, 0.3) is 0 Å². The number of nitrogens with one attached hydrogen (secondary N) is 1. The van der Waals surface area contributed by atoms with Crippen molar-refractivity contribution in [2.75, 3.05) is 26.4 Å². The molecular weight excluding hydrogens is 352 g/mol. The normalized spacial score (nSPS) is 13.5. The summed E-state index contributed by atoms with van der Waals surface area (Å²) < 4.78 is 10.7. The van der Waals surface area contributed by atoms with Crippen molar-refractivity contribution in [3.05, 3.63) is 59.7 Å². The molecule has 5 nitrogen and oxygen atoms in total. The van der Waals surface area contributed by atoms with Crippen molar-refractivity contribution in [2.24, 2.45) is 0 Å². The average molecular weight is 383 g/mol. The first-order chi connectivity index (χ1) is 13.7. The van der Waals surface area contributed by atoms with E-state index < -0.39 is 0 Å². The van der Waals surface area contributed by atoms with Crippen LogP contribution in [0.4, 0.5) is 0 Å². The molecule has 0 spiro atoms. The summed E-state index contributed by atoms with van der Waals surface area (Å²) in [4.78, 5) is 14.8. The van der Waals surface area contributed by atoms with Crippen LogP contribution in [-0.2, 0) is 17.6 Å². The van der Waals surface area contributed by atoms with Crippen LogP contribution in [-0.4, -0.2) is 43.3 Å². The third kappa shape index (κ3) is 5.49. The van der Waals surface area contributed by atoms with Gasteiger partial charge in [0.05, 0.1) is 0 Å². The molecule has 28 heavy (non-hydrogen) atoms. The van der Waals surface area contributed by atoms with Gasteiger partial charge in [0.2, 0.25) is 12.7 Å². The molecule has 3 rings (SSSR count). The number of amides is 1. The highest BCUT2D eigenvalue weighted by atomic mass is 16.7. The molecule has 2 aromatic rings. The van der Waals surface area contributed by atoms with Crippen molar-refractivity contribution < 1.29 is 14.3 Å². The van der Waals surface area contributed by atoms with Gasteiger partial charge in [-0.2, -0.15) is 0 Å². The number of rotatable bonds is 10. The summed E-state index contributed by atoms with van der Waals surface area (Å²) in [5.74, 6) is 1.63. The second kappa shape index (κ2) is 10.1. The van der Waals surface area contributed by atoms with E-state index in [-0.39, 0.29) is 12.7 Å².